The van der Waals surface area contributed by atoms with Crippen LogP contribution in [0.5, 0.6) is 0 Å². The average Bonchev–Trinajstić information content (AvgIpc) is 2.61. The molecule has 0 saturated carbocycles. The van der Waals surface area contributed by atoms with E-state index in [9.17, 15) is 14.0 Å². The third kappa shape index (κ3) is 1.76. The predicted molar refractivity (Wildman–Crippen MR) is 54.5 cm³/mol. The second kappa shape index (κ2) is 3.92. The highest BCUT2D eigenvalue weighted by Gasteiger charge is 2.35. The maximum absolute atomic E-state index is 13.4. The lowest BCUT2D eigenvalue weighted by molar-refractivity contribution is -0.141. The molecule has 4 nitrogen and oxygen atoms in total. The smallest absolute Gasteiger partial charge is 0.308 e. The molecule has 2 rings (SSSR count). The molecule has 1 heterocycles. The fraction of sp³-hybridized carbons (Fsp3) is 0.273. The van der Waals surface area contributed by atoms with Crippen LogP contribution in [-0.2, 0) is 9.59 Å². The van der Waals surface area contributed by atoms with E-state index in [-0.39, 0.29) is 24.6 Å². The summed E-state index contributed by atoms with van der Waals surface area (Å²) in [6.45, 7) is 0.0368. The minimum atomic E-state index is -1.02. The Balaban J connectivity index is 2.27. The molecule has 1 aliphatic rings. The summed E-state index contributed by atoms with van der Waals surface area (Å²) < 4.78 is 13.4. The molecule has 1 aromatic carbocycles. The van der Waals surface area contributed by atoms with Gasteiger partial charge in [0.2, 0.25) is 5.91 Å². The van der Waals surface area contributed by atoms with E-state index in [1.807, 2.05) is 0 Å². The highest BCUT2D eigenvalue weighted by Crippen LogP contribution is 2.27. The van der Waals surface area contributed by atoms with Gasteiger partial charge in [0.15, 0.2) is 0 Å². The Bertz CT molecular complexity index is 447. The quantitative estimate of drug-likeness (QED) is 0.821. The summed E-state index contributed by atoms with van der Waals surface area (Å²) in [4.78, 5) is 23.5. The number of carboxylic acid groups (broad SMARTS) is 1. The van der Waals surface area contributed by atoms with Gasteiger partial charge >= 0.3 is 5.97 Å². The number of hydrogen-bond acceptors (Lipinski definition) is 2. The number of rotatable bonds is 2. The molecule has 0 aliphatic carbocycles. The zero-order valence-corrected chi connectivity index (χ0v) is 8.39. The van der Waals surface area contributed by atoms with E-state index in [2.05, 4.69) is 0 Å². The molecule has 1 aliphatic heterocycles. The van der Waals surface area contributed by atoms with Gasteiger partial charge in [0.05, 0.1) is 11.6 Å². The van der Waals surface area contributed by atoms with Crippen LogP contribution in [0, 0.1) is 11.7 Å². The van der Waals surface area contributed by atoms with Gasteiger partial charge in [-0.05, 0) is 12.1 Å². The van der Waals surface area contributed by atoms with E-state index in [1.165, 1.54) is 23.1 Å². The molecule has 1 amide bonds. The second-order valence-electron chi connectivity index (χ2n) is 3.70. The van der Waals surface area contributed by atoms with E-state index < -0.39 is 17.7 Å². The van der Waals surface area contributed by atoms with Crippen LogP contribution >= 0.6 is 0 Å². The number of carbonyl (C=O) groups is 2. The first kappa shape index (κ1) is 10.6. The standard InChI is InChI=1S/C11H10FNO3/c12-8-3-1-2-4-9(8)13-6-7(11(15)16)5-10(13)14/h1-4,7H,5-6H2,(H,15,16)/t7-/m1/s1. The number of carbonyl (C=O) groups excluding carboxylic acids is 1. The van der Waals surface area contributed by atoms with Gasteiger partial charge in [0.1, 0.15) is 5.82 Å². The summed E-state index contributed by atoms with van der Waals surface area (Å²) in [6.07, 6.45) is -0.0658. The van der Waals surface area contributed by atoms with Gasteiger partial charge in [0.25, 0.3) is 0 Å². The Labute approximate surface area is 91.3 Å². The Morgan fingerprint density at radius 2 is 2.12 bits per heavy atom. The van der Waals surface area contributed by atoms with Gasteiger partial charge < -0.3 is 10.0 Å². The second-order valence-corrected chi connectivity index (χ2v) is 3.70. The molecular formula is C11H10FNO3. The van der Waals surface area contributed by atoms with E-state index in [4.69, 9.17) is 5.11 Å². The highest BCUT2D eigenvalue weighted by molar-refractivity contribution is 5.99. The molecule has 0 bridgehead atoms. The van der Waals surface area contributed by atoms with Crippen molar-refractivity contribution >= 4 is 17.6 Å². The number of benzene rings is 1. The maximum atomic E-state index is 13.4. The number of amides is 1. The molecular weight excluding hydrogens is 213 g/mol. The first-order chi connectivity index (χ1) is 7.59. The van der Waals surface area contributed by atoms with Crippen molar-refractivity contribution in [2.24, 2.45) is 5.92 Å². The minimum Gasteiger partial charge on any atom is -0.481 e. The Morgan fingerprint density at radius 3 is 2.69 bits per heavy atom. The lowest BCUT2D eigenvalue weighted by atomic mass is 10.1. The molecule has 16 heavy (non-hydrogen) atoms. The third-order valence-corrected chi connectivity index (χ3v) is 2.62. The van der Waals surface area contributed by atoms with Crippen molar-refractivity contribution in [3.63, 3.8) is 0 Å². The first-order valence-corrected chi connectivity index (χ1v) is 4.87. The summed E-state index contributed by atoms with van der Waals surface area (Å²) in [5.74, 6) is -2.63. The van der Waals surface area contributed by atoms with Crippen LogP contribution < -0.4 is 4.90 Å². The molecule has 1 fully saturated rings. The van der Waals surface area contributed by atoms with Gasteiger partial charge in [-0.15, -0.1) is 0 Å². The Hall–Kier alpha value is -1.91. The third-order valence-electron chi connectivity index (χ3n) is 2.62. The van der Waals surface area contributed by atoms with Crippen molar-refractivity contribution in [1.29, 1.82) is 0 Å². The monoisotopic (exact) mass is 223 g/mol. The largest absolute Gasteiger partial charge is 0.481 e. The van der Waals surface area contributed by atoms with Crippen LogP contribution in [0.15, 0.2) is 24.3 Å². The maximum Gasteiger partial charge on any atom is 0.308 e. The van der Waals surface area contributed by atoms with E-state index in [0.29, 0.717) is 0 Å². The summed E-state index contributed by atoms with van der Waals surface area (Å²) in [6, 6.07) is 5.85. The molecule has 1 aromatic rings. The zero-order valence-electron chi connectivity index (χ0n) is 8.39. The summed E-state index contributed by atoms with van der Waals surface area (Å²) in [7, 11) is 0. The molecule has 0 unspecified atom stereocenters. The number of anilines is 1. The van der Waals surface area contributed by atoms with Gasteiger partial charge in [0, 0.05) is 13.0 Å². The van der Waals surface area contributed by atoms with E-state index in [0.717, 1.165) is 0 Å². The summed E-state index contributed by atoms with van der Waals surface area (Å²) in [5.41, 5.74) is 0.149. The Kier molecular flexibility index (Phi) is 2.60. The molecule has 0 aromatic heterocycles. The lowest BCUT2D eigenvalue weighted by Crippen LogP contribution is -2.26. The van der Waals surface area contributed by atoms with Gasteiger partial charge in [-0.3, -0.25) is 9.59 Å². The first-order valence-electron chi connectivity index (χ1n) is 4.87. The molecule has 0 radical (unpaired) electrons. The number of aliphatic carboxylic acids is 1. The lowest BCUT2D eigenvalue weighted by Gasteiger charge is -2.16. The fourth-order valence-electron chi connectivity index (χ4n) is 1.78. The molecule has 5 heteroatoms. The summed E-state index contributed by atoms with van der Waals surface area (Å²) in [5, 5.41) is 8.79. The zero-order chi connectivity index (χ0) is 11.7. The van der Waals surface area contributed by atoms with Crippen molar-refractivity contribution in [2.45, 2.75) is 6.42 Å². The normalized spacial score (nSPS) is 20.2. The van der Waals surface area contributed by atoms with Gasteiger partial charge in [-0.2, -0.15) is 0 Å². The van der Waals surface area contributed by atoms with Crippen molar-refractivity contribution in [3.8, 4) is 0 Å². The van der Waals surface area contributed by atoms with Gasteiger partial charge in [-0.25, -0.2) is 4.39 Å². The van der Waals surface area contributed by atoms with Gasteiger partial charge in [-0.1, -0.05) is 12.1 Å². The number of hydrogen-bond donors (Lipinski definition) is 1. The van der Waals surface area contributed by atoms with Crippen LogP contribution in [0.1, 0.15) is 6.42 Å². The summed E-state index contributed by atoms with van der Waals surface area (Å²) >= 11 is 0. The van der Waals surface area contributed by atoms with Crippen LogP contribution in [0.25, 0.3) is 0 Å². The van der Waals surface area contributed by atoms with Crippen molar-refractivity contribution < 1.29 is 19.1 Å². The average molecular weight is 223 g/mol. The van der Waals surface area contributed by atoms with Crippen molar-refractivity contribution in [2.75, 3.05) is 11.4 Å². The number of nitrogens with zero attached hydrogens (tertiary/aromatic N) is 1. The SMILES string of the molecule is O=C(O)[C@@H]1CC(=O)N(c2ccccc2F)C1. The molecule has 1 atom stereocenters. The van der Waals surface area contributed by atoms with Crippen LogP contribution in [0.2, 0.25) is 0 Å². The number of para-hydroxylation sites is 1. The molecule has 0 spiro atoms. The highest BCUT2D eigenvalue weighted by atomic mass is 19.1. The van der Waals surface area contributed by atoms with Crippen molar-refractivity contribution in [1.82, 2.24) is 0 Å². The number of carboxylic acids is 1. The van der Waals surface area contributed by atoms with E-state index >= 15 is 0 Å². The fourth-order valence-corrected chi connectivity index (χ4v) is 1.78. The van der Waals surface area contributed by atoms with Crippen molar-refractivity contribution in [3.05, 3.63) is 30.1 Å². The molecule has 1 saturated heterocycles. The molecule has 1 N–H and O–H groups in total. The molecule has 84 valence electrons. The van der Waals surface area contributed by atoms with Crippen LogP contribution in [0.3, 0.4) is 0 Å². The minimum absolute atomic E-state index is 0.0368. The van der Waals surface area contributed by atoms with Crippen LogP contribution in [-0.4, -0.2) is 23.5 Å². The predicted octanol–water partition coefficient (Wildman–Crippen LogP) is 1.26. The Morgan fingerprint density at radius 1 is 1.44 bits per heavy atom. The van der Waals surface area contributed by atoms with Crippen LogP contribution in [0.4, 0.5) is 10.1 Å². The topological polar surface area (TPSA) is 57.6 Å². The van der Waals surface area contributed by atoms with E-state index in [1.54, 1.807) is 6.07 Å². The number of halogens is 1.